The van der Waals surface area contributed by atoms with Crippen molar-refractivity contribution in [2.75, 3.05) is 26.9 Å². The molecule has 1 N–H and O–H groups in total. The third-order valence-electron chi connectivity index (χ3n) is 7.48. The normalized spacial score (nSPS) is 23.1. The Morgan fingerprint density at radius 2 is 1.89 bits per heavy atom. The number of carbonyl (C=O) groups is 2. The molecule has 1 fully saturated rings. The summed E-state index contributed by atoms with van der Waals surface area (Å²) in [6, 6.07) is 15.5. The Morgan fingerprint density at radius 1 is 1.06 bits per heavy atom. The van der Waals surface area contributed by atoms with E-state index in [9.17, 15) is 9.59 Å². The third-order valence-corrected chi connectivity index (χ3v) is 7.48. The Balaban J connectivity index is 1.50. The van der Waals surface area contributed by atoms with Gasteiger partial charge in [-0.1, -0.05) is 62.6 Å². The van der Waals surface area contributed by atoms with Crippen LogP contribution in [0.1, 0.15) is 55.7 Å². The average molecular weight is 496 g/mol. The Labute approximate surface area is 213 Å². The van der Waals surface area contributed by atoms with Gasteiger partial charge in [-0.15, -0.1) is 0 Å². The third kappa shape index (κ3) is 6.45. The van der Waals surface area contributed by atoms with E-state index in [1.54, 1.807) is 7.11 Å². The number of hydrogen-bond acceptors (Lipinski definition) is 6. The van der Waals surface area contributed by atoms with E-state index in [4.69, 9.17) is 18.9 Å². The smallest absolute Gasteiger partial charge is 0.407 e. The van der Waals surface area contributed by atoms with Crippen molar-refractivity contribution in [3.05, 3.63) is 65.2 Å². The van der Waals surface area contributed by atoms with Crippen LogP contribution in [0.2, 0.25) is 0 Å². The number of carbonyl (C=O) groups excluding carboxylic acids is 2. The number of rotatable bonds is 9. The molecule has 3 atom stereocenters. The van der Waals surface area contributed by atoms with Gasteiger partial charge in [-0.2, -0.15) is 0 Å². The molecule has 0 unspecified atom stereocenters. The standard InChI is InChI=1S/C29H37NO6/c1-29-14-8-4-7-11-23(27(29)30-28(32)35-19-21-9-5-3-6-10-21)17-22-12-13-24(18-25(22)29)36-26(31)20-34-16-15-33-2/h3,5-6,9-10,12-13,18,23,27H,4,7-8,11,14-17,19-20H2,1-2H3,(H,30,32)/t23-,27-,29+/m0/s1. The van der Waals surface area contributed by atoms with Gasteiger partial charge in [0.05, 0.1) is 13.2 Å². The molecule has 2 aromatic rings. The molecule has 36 heavy (non-hydrogen) atoms. The number of fused-ring (bicyclic) bond motifs is 4. The second-order valence-corrected chi connectivity index (χ2v) is 10.0. The van der Waals surface area contributed by atoms with Crippen LogP contribution in [0, 0.1) is 5.92 Å². The van der Waals surface area contributed by atoms with Crippen molar-refractivity contribution in [3.8, 4) is 5.75 Å². The Morgan fingerprint density at radius 3 is 2.69 bits per heavy atom. The highest BCUT2D eigenvalue weighted by atomic mass is 16.6. The number of alkyl carbamates (subject to hydrolysis) is 1. The summed E-state index contributed by atoms with van der Waals surface area (Å²) < 4.78 is 21.4. The molecular formula is C29H37NO6. The second-order valence-electron chi connectivity index (χ2n) is 10.0. The van der Waals surface area contributed by atoms with Crippen LogP contribution in [0.3, 0.4) is 0 Å². The van der Waals surface area contributed by atoms with Gasteiger partial charge in [0.15, 0.2) is 0 Å². The van der Waals surface area contributed by atoms with Crippen LogP contribution in [-0.2, 0) is 37.4 Å². The molecule has 2 aliphatic rings. The molecule has 7 nitrogen and oxygen atoms in total. The summed E-state index contributed by atoms with van der Waals surface area (Å²) in [5.74, 6) is 0.387. The highest BCUT2D eigenvalue weighted by Crippen LogP contribution is 2.47. The minimum atomic E-state index is -0.443. The summed E-state index contributed by atoms with van der Waals surface area (Å²) in [5.41, 5.74) is 3.07. The molecule has 4 rings (SSSR count). The van der Waals surface area contributed by atoms with Gasteiger partial charge in [0.2, 0.25) is 0 Å². The summed E-state index contributed by atoms with van der Waals surface area (Å²) >= 11 is 0. The van der Waals surface area contributed by atoms with E-state index in [2.05, 4.69) is 18.3 Å². The largest absolute Gasteiger partial charge is 0.445 e. The first-order valence-corrected chi connectivity index (χ1v) is 12.9. The maximum Gasteiger partial charge on any atom is 0.407 e. The molecule has 2 aliphatic carbocycles. The molecule has 0 saturated heterocycles. The molecule has 0 heterocycles. The topological polar surface area (TPSA) is 83.1 Å². The quantitative estimate of drug-likeness (QED) is 0.301. The maximum atomic E-state index is 12.9. The van der Waals surface area contributed by atoms with Crippen molar-refractivity contribution in [1.82, 2.24) is 5.32 Å². The average Bonchev–Trinajstić information content (AvgIpc) is 2.88. The Hall–Kier alpha value is -2.90. The molecule has 0 aliphatic heterocycles. The first-order valence-electron chi connectivity index (χ1n) is 12.9. The molecule has 0 spiro atoms. The summed E-state index contributed by atoms with van der Waals surface area (Å²) in [4.78, 5) is 25.2. The Kier molecular flexibility index (Phi) is 8.99. The van der Waals surface area contributed by atoms with Crippen molar-refractivity contribution < 1.29 is 28.5 Å². The van der Waals surface area contributed by atoms with Crippen molar-refractivity contribution in [1.29, 1.82) is 0 Å². The SMILES string of the molecule is COCCOCC(=O)Oc1ccc2c(c1)[C@@]1(C)CCCCC[C@@H](C2)[C@@H]1NC(=O)OCc1ccccc1. The van der Waals surface area contributed by atoms with Crippen LogP contribution in [-0.4, -0.2) is 45.0 Å². The van der Waals surface area contributed by atoms with Crippen molar-refractivity contribution in [2.24, 2.45) is 5.92 Å². The van der Waals surface area contributed by atoms with Gasteiger partial charge in [0.1, 0.15) is 19.0 Å². The number of nitrogens with one attached hydrogen (secondary N) is 1. The zero-order valence-electron chi connectivity index (χ0n) is 21.3. The molecular weight excluding hydrogens is 458 g/mol. The zero-order chi connectivity index (χ0) is 25.4. The molecule has 2 bridgehead atoms. The van der Waals surface area contributed by atoms with Crippen LogP contribution in [0.25, 0.3) is 0 Å². The second kappa shape index (κ2) is 12.4. The first-order chi connectivity index (χ1) is 17.5. The monoisotopic (exact) mass is 495 g/mol. The molecule has 0 radical (unpaired) electrons. The first kappa shape index (κ1) is 26.2. The van der Waals surface area contributed by atoms with Gasteiger partial charge < -0.3 is 24.3 Å². The molecule has 2 aromatic carbocycles. The summed E-state index contributed by atoms with van der Waals surface area (Å²) in [6.45, 7) is 3.10. The van der Waals surface area contributed by atoms with E-state index in [0.29, 0.717) is 24.9 Å². The predicted octanol–water partition coefficient (Wildman–Crippen LogP) is 4.94. The zero-order valence-corrected chi connectivity index (χ0v) is 21.3. The van der Waals surface area contributed by atoms with Gasteiger partial charge in [0.25, 0.3) is 0 Å². The van der Waals surface area contributed by atoms with E-state index in [1.165, 1.54) is 12.0 Å². The van der Waals surface area contributed by atoms with Gasteiger partial charge in [-0.3, -0.25) is 0 Å². The lowest BCUT2D eigenvalue weighted by Crippen LogP contribution is -2.57. The molecule has 1 amide bonds. The van der Waals surface area contributed by atoms with E-state index in [0.717, 1.165) is 43.2 Å². The van der Waals surface area contributed by atoms with Crippen LogP contribution < -0.4 is 10.1 Å². The van der Waals surface area contributed by atoms with Crippen LogP contribution in [0.15, 0.2) is 48.5 Å². The van der Waals surface area contributed by atoms with Crippen molar-refractivity contribution in [2.45, 2.75) is 63.5 Å². The number of benzene rings is 2. The number of methoxy groups -OCH3 is 1. The lowest BCUT2D eigenvalue weighted by Gasteiger charge is -2.49. The highest BCUT2D eigenvalue weighted by Gasteiger charge is 2.46. The van der Waals surface area contributed by atoms with Crippen LogP contribution in [0.4, 0.5) is 4.79 Å². The van der Waals surface area contributed by atoms with Gasteiger partial charge >= 0.3 is 12.1 Å². The number of hydrogen-bond donors (Lipinski definition) is 1. The predicted molar refractivity (Wildman–Crippen MR) is 136 cm³/mol. The van der Waals surface area contributed by atoms with Gasteiger partial charge in [0, 0.05) is 18.6 Å². The fourth-order valence-electron chi connectivity index (χ4n) is 5.68. The lowest BCUT2D eigenvalue weighted by molar-refractivity contribution is -0.139. The minimum Gasteiger partial charge on any atom is -0.445 e. The summed E-state index contributed by atoms with van der Waals surface area (Å²) in [5, 5.41) is 3.24. The van der Waals surface area contributed by atoms with Crippen molar-refractivity contribution >= 4 is 12.1 Å². The summed E-state index contributed by atoms with van der Waals surface area (Å²) in [6.07, 6.45) is 5.91. The maximum absolute atomic E-state index is 12.9. The number of esters is 1. The fourth-order valence-corrected chi connectivity index (χ4v) is 5.68. The van der Waals surface area contributed by atoms with E-state index in [1.807, 2.05) is 42.5 Å². The Bertz CT molecular complexity index is 1030. The lowest BCUT2D eigenvalue weighted by atomic mass is 9.59. The summed E-state index contributed by atoms with van der Waals surface area (Å²) in [7, 11) is 1.58. The highest BCUT2D eigenvalue weighted by molar-refractivity contribution is 5.74. The number of amides is 1. The van der Waals surface area contributed by atoms with Crippen LogP contribution >= 0.6 is 0 Å². The van der Waals surface area contributed by atoms with Crippen molar-refractivity contribution in [3.63, 3.8) is 0 Å². The van der Waals surface area contributed by atoms with E-state index in [-0.39, 0.29) is 30.8 Å². The van der Waals surface area contributed by atoms with Gasteiger partial charge in [-0.05, 0) is 54.0 Å². The molecule has 0 aromatic heterocycles. The van der Waals surface area contributed by atoms with E-state index >= 15 is 0 Å². The fraction of sp³-hybridized carbons (Fsp3) is 0.517. The minimum absolute atomic E-state index is 0.0584. The van der Waals surface area contributed by atoms with Crippen LogP contribution in [0.5, 0.6) is 5.75 Å². The molecule has 1 saturated carbocycles. The molecule has 7 heteroatoms. The van der Waals surface area contributed by atoms with Gasteiger partial charge in [-0.25, -0.2) is 9.59 Å². The number of ether oxygens (including phenoxy) is 4. The molecule has 194 valence electrons. The van der Waals surface area contributed by atoms with E-state index < -0.39 is 5.97 Å².